The van der Waals surface area contributed by atoms with Crippen molar-refractivity contribution in [1.29, 1.82) is 0 Å². The molecule has 0 heterocycles. The second-order valence-corrected chi connectivity index (χ2v) is 12.9. The predicted octanol–water partition coefficient (Wildman–Crippen LogP) is 5.79. The van der Waals surface area contributed by atoms with Crippen LogP contribution in [-0.4, -0.2) is 56.3 Å². The zero-order valence-corrected chi connectivity index (χ0v) is 27.7. The molecule has 0 fully saturated rings. The molecule has 0 radical (unpaired) electrons. The molecule has 0 unspecified atom stereocenters. The average Bonchev–Trinajstić information content (AvgIpc) is 2.99. The average molecular weight is 659 g/mol. The third kappa shape index (κ3) is 8.73. The zero-order valence-electron chi connectivity index (χ0n) is 26.1. The minimum Gasteiger partial charge on any atom is -0.495 e. The fourth-order valence-electron chi connectivity index (χ4n) is 4.88. The Balaban J connectivity index is 2.17. The summed E-state index contributed by atoms with van der Waals surface area (Å²) in [6, 6.07) is 14.4. The van der Waals surface area contributed by atoms with Gasteiger partial charge in [0.05, 0.1) is 22.6 Å². The van der Waals surface area contributed by atoms with Gasteiger partial charge in [-0.2, -0.15) is 0 Å². The van der Waals surface area contributed by atoms with Gasteiger partial charge < -0.3 is 15.0 Å². The smallest absolute Gasteiger partial charge is 0.273 e. The van der Waals surface area contributed by atoms with E-state index in [-0.39, 0.29) is 40.9 Å². The third-order valence-electron chi connectivity index (χ3n) is 7.30. The van der Waals surface area contributed by atoms with Crippen molar-refractivity contribution in [3.05, 3.63) is 92.5 Å². The number of amides is 2. The molecule has 1 N–H and O–H groups in total. The van der Waals surface area contributed by atoms with Gasteiger partial charge in [-0.3, -0.25) is 24.0 Å². The summed E-state index contributed by atoms with van der Waals surface area (Å²) in [6.07, 6.45) is 1.90. The topological polar surface area (TPSA) is 139 Å². The number of nitrogens with one attached hydrogen (secondary N) is 1. The van der Waals surface area contributed by atoms with Gasteiger partial charge >= 0.3 is 0 Å². The summed E-state index contributed by atoms with van der Waals surface area (Å²) in [5, 5.41) is 14.7. The first kappa shape index (κ1) is 35.3. The van der Waals surface area contributed by atoms with E-state index in [9.17, 15) is 28.1 Å². The molecule has 0 aliphatic heterocycles. The van der Waals surface area contributed by atoms with Gasteiger partial charge in [0, 0.05) is 29.7 Å². The molecule has 0 saturated carbocycles. The van der Waals surface area contributed by atoms with Crippen LogP contribution in [0.5, 0.6) is 5.75 Å². The number of carbonyl (C=O) groups excluding carboxylic acids is 2. The van der Waals surface area contributed by atoms with Crippen LogP contribution in [0.25, 0.3) is 0 Å². The van der Waals surface area contributed by atoms with E-state index >= 15 is 0 Å². The number of hydrogen-bond acceptors (Lipinski definition) is 7. The van der Waals surface area contributed by atoms with E-state index in [2.05, 4.69) is 5.32 Å². The van der Waals surface area contributed by atoms with Gasteiger partial charge in [0.1, 0.15) is 18.3 Å². The lowest BCUT2D eigenvalue weighted by Gasteiger charge is -2.33. The van der Waals surface area contributed by atoms with Gasteiger partial charge in [0.25, 0.3) is 15.7 Å². The van der Waals surface area contributed by atoms with E-state index in [1.807, 2.05) is 38.1 Å². The number of rotatable bonds is 15. The molecule has 2 amide bonds. The molecule has 3 aromatic carbocycles. The lowest BCUT2D eigenvalue weighted by molar-refractivity contribution is -0.385. The SMILES string of the molecule is CCCCNC(=O)[C@@H](CC)N(Cc1cccc(C)c1)C(=O)CN(c1cc(Cl)ccc1OC)S(=O)(=O)c1ccc(C)c([N+](=O)[O-])c1. The number of halogens is 1. The molecule has 13 heteroatoms. The van der Waals surface area contributed by atoms with E-state index in [1.54, 1.807) is 6.92 Å². The van der Waals surface area contributed by atoms with Crippen molar-refractivity contribution in [3.8, 4) is 5.75 Å². The van der Waals surface area contributed by atoms with Crippen LogP contribution in [0.3, 0.4) is 0 Å². The third-order valence-corrected chi connectivity index (χ3v) is 9.30. The molecule has 0 spiro atoms. The van der Waals surface area contributed by atoms with Gasteiger partial charge in [-0.15, -0.1) is 0 Å². The molecule has 1 atom stereocenters. The van der Waals surface area contributed by atoms with Crippen LogP contribution in [0.2, 0.25) is 5.02 Å². The standard InChI is InChI=1S/C32H39ClN4O7S/c1-6-8-16-34-32(39)27(7-2)35(20-24-11-9-10-22(3)17-24)31(38)21-36(29-18-25(33)13-15-30(29)44-5)45(42,43)26-14-12-23(4)28(19-26)37(40)41/h9-15,17-19,27H,6-8,16,20-21H2,1-5H3,(H,34,39)/t27-/m1/s1. The fourth-order valence-corrected chi connectivity index (χ4v) is 6.48. The van der Waals surface area contributed by atoms with Crippen LogP contribution in [0.15, 0.2) is 65.6 Å². The molecular formula is C32H39ClN4O7S. The number of unbranched alkanes of at least 4 members (excludes halogenated alkanes) is 1. The lowest BCUT2D eigenvalue weighted by atomic mass is 10.1. The summed E-state index contributed by atoms with van der Waals surface area (Å²) in [6.45, 7) is 6.91. The molecule has 0 bridgehead atoms. The molecule has 3 aromatic rings. The predicted molar refractivity (Wildman–Crippen MR) is 174 cm³/mol. The van der Waals surface area contributed by atoms with Crippen LogP contribution >= 0.6 is 11.6 Å². The van der Waals surface area contributed by atoms with Crippen LogP contribution in [0, 0.1) is 24.0 Å². The summed E-state index contributed by atoms with van der Waals surface area (Å²) < 4.78 is 34.8. The van der Waals surface area contributed by atoms with Crippen molar-refractivity contribution in [1.82, 2.24) is 10.2 Å². The zero-order chi connectivity index (χ0) is 33.3. The number of benzene rings is 3. The Hall–Kier alpha value is -4.16. The number of nitro groups is 1. The first-order chi connectivity index (χ1) is 21.3. The van der Waals surface area contributed by atoms with Crippen molar-refractivity contribution in [2.24, 2.45) is 0 Å². The number of hydrogen-bond donors (Lipinski definition) is 1. The first-order valence-electron chi connectivity index (χ1n) is 14.6. The maximum Gasteiger partial charge on any atom is 0.273 e. The highest BCUT2D eigenvalue weighted by atomic mass is 35.5. The Bertz CT molecular complexity index is 1650. The van der Waals surface area contributed by atoms with Crippen LogP contribution < -0.4 is 14.4 Å². The summed E-state index contributed by atoms with van der Waals surface area (Å²) in [7, 11) is -3.27. The number of ether oxygens (including phenoxy) is 1. The number of anilines is 1. The molecule has 11 nitrogen and oxygen atoms in total. The second kappa shape index (κ2) is 15.7. The van der Waals surface area contributed by atoms with E-state index < -0.39 is 44.0 Å². The summed E-state index contributed by atoms with van der Waals surface area (Å²) >= 11 is 6.28. The lowest BCUT2D eigenvalue weighted by Crippen LogP contribution is -2.52. The van der Waals surface area contributed by atoms with Gasteiger partial charge in [0.15, 0.2) is 0 Å². The number of nitrogens with zero attached hydrogens (tertiary/aromatic N) is 3. The van der Waals surface area contributed by atoms with E-state index in [0.29, 0.717) is 6.54 Å². The molecule has 45 heavy (non-hydrogen) atoms. The molecule has 242 valence electrons. The Morgan fingerprint density at radius 3 is 2.42 bits per heavy atom. The van der Waals surface area contributed by atoms with Gasteiger partial charge in [-0.25, -0.2) is 8.42 Å². The van der Waals surface area contributed by atoms with Gasteiger partial charge in [0.2, 0.25) is 11.8 Å². The Morgan fingerprint density at radius 2 is 1.80 bits per heavy atom. The summed E-state index contributed by atoms with van der Waals surface area (Å²) in [4.78, 5) is 39.6. The van der Waals surface area contributed by atoms with Crippen molar-refractivity contribution < 1.29 is 27.7 Å². The Labute approximate surface area is 269 Å². The van der Waals surface area contributed by atoms with E-state index in [4.69, 9.17) is 16.3 Å². The second-order valence-electron chi connectivity index (χ2n) is 10.6. The Morgan fingerprint density at radius 1 is 1.07 bits per heavy atom. The molecule has 3 rings (SSSR count). The maximum absolute atomic E-state index is 14.3. The van der Waals surface area contributed by atoms with Crippen molar-refractivity contribution in [2.45, 2.75) is 64.4 Å². The monoisotopic (exact) mass is 658 g/mol. The summed E-state index contributed by atoms with van der Waals surface area (Å²) in [5.74, 6) is -0.913. The minimum atomic E-state index is -4.61. The minimum absolute atomic E-state index is 0.0385. The van der Waals surface area contributed by atoms with E-state index in [0.717, 1.165) is 34.3 Å². The highest BCUT2D eigenvalue weighted by Crippen LogP contribution is 2.36. The number of aryl methyl sites for hydroxylation is 2. The van der Waals surface area contributed by atoms with E-state index in [1.165, 1.54) is 49.3 Å². The van der Waals surface area contributed by atoms with Gasteiger partial charge in [-0.1, -0.05) is 67.8 Å². The number of sulfonamides is 1. The largest absolute Gasteiger partial charge is 0.495 e. The van der Waals surface area contributed by atoms with Crippen LogP contribution in [-0.2, 0) is 26.2 Å². The van der Waals surface area contributed by atoms with Crippen molar-refractivity contribution in [2.75, 3.05) is 24.5 Å². The van der Waals surface area contributed by atoms with Crippen molar-refractivity contribution >= 4 is 44.8 Å². The highest BCUT2D eigenvalue weighted by Gasteiger charge is 2.35. The summed E-state index contributed by atoms with van der Waals surface area (Å²) in [5.41, 5.74) is 1.54. The Kier molecular flexibility index (Phi) is 12.3. The van der Waals surface area contributed by atoms with Crippen LogP contribution in [0.1, 0.15) is 49.8 Å². The number of nitro benzene ring substituents is 1. The van der Waals surface area contributed by atoms with Gasteiger partial charge in [-0.05, 0) is 56.5 Å². The molecule has 0 saturated heterocycles. The molecule has 0 aromatic heterocycles. The quantitative estimate of drug-likeness (QED) is 0.124. The van der Waals surface area contributed by atoms with Crippen LogP contribution in [0.4, 0.5) is 11.4 Å². The highest BCUT2D eigenvalue weighted by molar-refractivity contribution is 7.92. The maximum atomic E-state index is 14.3. The number of methoxy groups -OCH3 is 1. The molecular weight excluding hydrogens is 620 g/mol. The number of carbonyl (C=O) groups is 2. The normalized spacial score (nSPS) is 11.9. The molecule has 0 aliphatic carbocycles. The first-order valence-corrected chi connectivity index (χ1v) is 16.4. The molecule has 0 aliphatic rings. The fraction of sp³-hybridized carbons (Fsp3) is 0.375. The van der Waals surface area contributed by atoms with Crippen molar-refractivity contribution in [3.63, 3.8) is 0 Å².